The molecule has 0 saturated carbocycles. The van der Waals surface area contributed by atoms with E-state index in [4.69, 9.17) is 15.0 Å². The fourth-order valence-electron chi connectivity index (χ4n) is 4.04. The maximum Gasteiger partial charge on any atom is 0.227 e. The Kier molecular flexibility index (Phi) is 6.20. The number of ether oxygens (including phenoxy) is 1. The number of fused-ring (bicyclic) bond motifs is 1. The summed E-state index contributed by atoms with van der Waals surface area (Å²) in [5.74, 6) is 1.42. The first-order valence-electron chi connectivity index (χ1n) is 11.2. The average molecular weight is 456 g/mol. The fraction of sp³-hybridized carbons (Fsp3) is 0.269. The summed E-state index contributed by atoms with van der Waals surface area (Å²) in [7, 11) is 0. The zero-order chi connectivity index (χ0) is 22.6. The van der Waals surface area contributed by atoms with Crippen molar-refractivity contribution in [2.24, 2.45) is 0 Å². The summed E-state index contributed by atoms with van der Waals surface area (Å²) in [6.07, 6.45) is 4.44. The largest absolute Gasteiger partial charge is 0.492 e. The van der Waals surface area contributed by atoms with Gasteiger partial charge in [-0.2, -0.15) is 5.26 Å². The minimum absolute atomic E-state index is 0.550. The second kappa shape index (κ2) is 9.57. The molecule has 0 bridgehead atoms. The molecule has 2 aromatic heterocycles. The van der Waals surface area contributed by atoms with Crippen LogP contribution < -0.4 is 10.1 Å². The smallest absolute Gasteiger partial charge is 0.227 e. The van der Waals surface area contributed by atoms with E-state index in [2.05, 4.69) is 27.3 Å². The monoisotopic (exact) mass is 455 g/mol. The standard InChI is InChI=1S/C26H25N5OS/c1-18-17-28-26(30-25(18)24-15-20-14-19(16-27)4-9-23(20)33-24)29-21-5-7-22(8-6-21)32-13-12-31-10-2-3-11-31/h4-9,14-15,17H,2-3,10-13H2,1H3,(H,28,29,30). The van der Waals surface area contributed by atoms with E-state index in [9.17, 15) is 0 Å². The quantitative estimate of drug-likeness (QED) is 0.382. The molecule has 1 aliphatic heterocycles. The van der Waals surface area contributed by atoms with E-state index < -0.39 is 0 Å². The van der Waals surface area contributed by atoms with Crippen LogP contribution in [0.5, 0.6) is 5.75 Å². The van der Waals surface area contributed by atoms with Crippen LogP contribution in [0.2, 0.25) is 0 Å². The number of aryl methyl sites for hydroxylation is 1. The predicted octanol–water partition coefficient (Wildman–Crippen LogP) is 5.76. The summed E-state index contributed by atoms with van der Waals surface area (Å²) >= 11 is 1.67. The van der Waals surface area contributed by atoms with Gasteiger partial charge in [0.15, 0.2) is 0 Å². The molecule has 3 heterocycles. The summed E-state index contributed by atoms with van der Waals surface area (Å²) < 4.78 is 7.03. The summed E-state index contributed by atoms with van der Waals surface area (Å²) in [4.78, 5) is 12.7. The molecule has 0 radical (unpaired) electrons. The summed E-state index contributed by atoms with van der Waals surface area (Å²) in [6.45, 7) is 6.08. The van der Waals surface area contributed by atoms with Crippen molar-refractivity contribution < 1.29 is 4.74 Å². The van der Waals surface area contributed by atoms with Crippen LogP contribution >= 0.6 is 11.3 Å². The molecule has 1 N–H and O–H groups in total. The van der Waals surface area contributed by atoms with Crippen LogP contribution in [0.15, 0.2) is 54.7 Å². The van der Waals surface area contributed by atoms with Crippen molar-refractivity contribution in [3.8, 4) is 22.4 Å². The van der Waals surface area contributed by atoms with E-state index >= 15 is 0 Å². The fourth-order valence-corrected chi connectivity index (χ4v) is 5.14. The van der Waals surface area contributed by atoms with Gasteiger partial charge in [-0.3, -0.25) is 4.90 Å². The first-order valence-corrected chi connectivity index (χ1v) is 12.0. The highest BCUT2D eigenvalue weighted by Gasteiger charge is 2.12. The van der Waals surface area contributed by atoms with Crippen LogP contribution in [0, 0.1) is 18.3 Å². The van der Waals surface area contributed by atoms with Crippen molar-refractivity contribution in [3.05, 3.63) is 65.9 Å². The maximum atomic E-state index is 9.16. The van der Waals surface area contributed by atoms with E-state index in [1.807, 2.05) is 55.6 Å². The highest BCUT2D eigenvalue weighted by Crippen LogP contribution is 2.35. The van der Waals surface area contributed by atoms with Gasteiger partial charge >= 0.3 is 0 Å². The van der Waals surface area contributed by atoms with Gasteiger partial charge in [-0.05, 0) is 92.3 Å². The highest BCUT2D eigenvalue weighted by atomic mass is 32.1. The molecule has 1 aliphatic rings. The van der Waals surface area contributed by atoms with Gasteiger partial charge in [-0.1, -0.05) is 0 Å². The second-order valence-electron chi connectivity index (χ2n) is 8.25. The minimum atomic E-state index is 0.550. The Morgan fingerprint density at radius 2 is 1.94 bits per heavy atom. The number of benzene rings is 2. The Hall–Kier alpha value is -3.47. The van der Waals surface area contributed by atoms with E-state index in [1.54, 1.807) is 11.3 Å². The molecule has 0 atom stereocenters. The molecule has 1 saturated heterocycles. The Bertz CT molecular complexity index is 1300. The Morgan fingerprint density at radius 3 is 2.73 bits per heavy atom. The summed E-state index contributed by atoms with van der Waals surface area (Å²) in [6, 6.07) is 18.0. The minimum Gasteiger partial charge on any atom is -0.492 e. The van der Waals surface area contributed by atoms with Gasteiger partial charge in [-0.25, -0.2) is 9.97 Å². The van der Waals surface area contributed by atoms with Crippen molar-refractivity contribution in [2.45, 2.75) is 19.8 Å². The van der Waals surface area contributed by atoms with Crippen molar-refractivity contribution >= 4 is 33.1 Å². The lowest BCUT2D eigenvalue weighted by Crippen LogP contribution is -2.25. The zero-order valence-corrected chi connectivity index (χ0v) is 19.4. The maximum absolute atomic E-state index is 9.16. The summed E-state index contributed by atoms with van der Waals surface area (Å²) in [5.41, 5.74) is 3.48. The van der Waals surface area contributed by atoms with Crippen LogP contribution in [0.25, 0.3) is 20.7 Å². The number of hydrogen-bond donors (Lipinski definition) is 1. The van der Waals surface area contributed by atoms with Crippen LogP contribution in [0.1, 0.15) is 24.0 Å². The number of nitrogens with one attached hydrogen (secondary N) is 1. The molecule has 0 aliphatic carbocycles. The van der Waals surface area contributed by atoms with Crippen molar-refractivity contribution in [1.29, 1.82) is 5.26 Å². The molecule has 4 aromatic rings. The molecule has 6 nitrogen and oxygen atoms in total. The molecule has 0 amide bonds. The van der Waals surface area contributed by atoms with Gasteiger partial charge in [0.25, 0.3) is 0 Å². The number of rotatable bonds is 7. The lowest BCUT2D eigenvalue weighted by Gasteiger charge is -2.15. The van der Waals surface area contributed by atoms with Gasteiger partial charge in [-0.15, -0.1) is 11.3 Å². The van der Waals surface area contributed by atoms with E-state index in [1.165, 1.54) is 25.9 Å². The Balaban J connectivity index is 1.27. The summed E-state index contributed by atoms with van der Waals surface area (Å²) in [5, 5.41) is 13.5. The van der Waals surface area contributed by atoms with Gasteiger partial charge in [0.1, 0.15) is 12.4 Å². The lowest BCUT2D eigenvalue weighted by molar-refractivity contribution is 0.238. The molecule has 0 unspecified atom stereocenters. The third-order valence-corrected chi connectivity index (χ3v) is 6.96. The normalized spacial score (nSPS) is 13.8. The molecule has 7 heteroatoms. The van der Waals surface area contributed by atoms with Crippen LogP contribution in [0.4, 0.5) is 11.6 Å². The Morgan fingerprint density at radius 1 is 1.12 bits per heavy atom. The molecule has 33 heavy (non-hydrogen) atoms. The number of nitriles is 1. The number of anilines is 2. The van der Waals surface area contributed by atoms with Crippen molar-refractivity contribution in [3.63, 3.8) is 0 Å². The van der Waals surface area contributed by atoms with E-state index in [0.717, 1.165) is 44.2 Å². The third-order valence-electron chi connectivity index (χ3n) is 5.84. The highest BCUT2D eigenvalue weighted by molar-refractivity contribution is 7.22. The van der Waals surface area contributed by atoms with E-state index in [0.29, 0.717) is 18.1 Å². The first-order chi connectivity index (χ1) is 16.2. The second-order valence-corrected chi connectivity index (χ2v) is 9.33. The number of thiophene rings is 1. The third kappa shape index (κ3) is 4.98. The van der Waals surface area contributed by atoms with Crippen molar-refractivity contribution in [1.82, 2.24) is 14.9 Å². The molecule has 0 spiro atoms. The number of hydrogen-bond acceptors (Lipinski definition) is 7. The molecule has 2 aromatic carbocycles. The molecular weight excluding hydrogens is 430 g/mol. The number of likely N-dealkylation sites (tertiary alicyclic amines) is 1. The topological polar surface area (TPSA) is 74.1 Å². The predicted molar refractivity (Wildman–Crippen MR) is 133 cm³/mol. The van der Waals surface area contributed by atoms with Gasteiger partial charge < -0.3 is 10.1 Å². The van der Waals surface area contributed by atoms with Crippen LogP contribution in [-0.2, 0) is 0 Å². The van der Waals surface area contributed by atoms with Gasteiger partial charge in [0, 0.05) is 23.1 Å². The van der Waals surface area contributed by atoms with E-state index in [-0.39, 0.29) is 0 Å². The van der Waals surface area contributed by atoms with Crippen LogP contribution in [-0.4, -0.2) is 41.1 Å². The Labute approximate surface area is 197 Å². The molecular formula is C26H25N5OS. The van der Waals surface area contributed by atoms with Gasteiger partial charge in [0.05, 0.1) is 22.2 Å². The lowest BCUT2D eigenvalue weighted by atomic mass is 10.1. The zero-order valence-electron chi connectivity index (χ0n) is 18.5. The average Bonchev–Trinajstić information content (AvgIpc) is 3.50. The first kappa shape index (κ1) is 21.4. The number of aromatic nitrogens is 2. The number of nitrogens with zero attached hydrogens (tertiary/aromatic N) is 4. The SMILES string of the molecule is Cc1cnc(Nc2ccc(OCCN3CCCC3)cc2)nc1-c1cc2cc(C#N)ccc2s1. The van der Waals surface area contributed by atoms with Crippen LogP contribution in [0.3, 0.4) is 0 Å². The van der Waals surface area contributed by atoms with Crippen molar-refractivity contribution in [2.75, 3.05) is 31.6 Å². The molecule has 1 fully saturated rings. The molecule has 5 rings (SSSR count). The molecule has 166 valence electrons. The van der Waals surface area contributed by atoms with Gasteiger partial charge in [0.2, 0.25) is 5.95 Å².